The molecule has 1 aromatic rings. The Bertz CT molecular complexity index is 502. The van der Waals surface area contributed by atoms with Crippen LogP contribution in [0.25, 0.3) is 0 Å². The number of nitrogens with two attached hydrogens (primary N) is 1. The number of carboxylic acids is 1. The summed E-state index contributed by atoms with van der Waals surface area (Å²) in [6, 6.07) is 7.07. The number of carbonyl (C=O) groups excluding carboxylic acids is 1. The molecule has 1 aliphatic carbocycles. The van der Waals surface area contributed by atoms with Gasteiger partial charge in [-0.05, 0) is 37.0 Å². The van der Waals surface area contributed by atoms with Crippen molar-refractivity contribution in [3.63, 3.8) is 0 Å². The molecule has 1 aliphatic rings. The van der Waals surface area contributed by atoms with Gasteiger partial charge in [0.2, 0.25) is 5.91 Å². The van der Waals surface area contributed by atoms with Gasteiger partial charge in [-0.25, -0.2) is 0 Å². The van der Waals surface area contributed by atoms with E-state index < -0.39 is 5.97 Å². The fraction of sp³-hybridized carbons (Fsp3) is 0.467. The molecule has 1 fully saturated rings. The zero-order valence-corrected chi connectivity index (χ0v) is 11.3. The highest BCUT2D eigenvalue weighted by Crippen LogP contribution is 2.24. The lowest BCUT2D eigenvalue weighted by atomic mass is 9.85. The maximum absolute atomic E-state index is 12.2. The molecule has 0 radical (unpaired) electrons. The molecule has 2 rings (SSSR count). The first-order chi connectivity index (χ1) is 9.54. The van der Waals surface area contributed by atoms with Crippen LogP contribution < -0.4 is 11.1 Å². The fourth-order valence-corrected chi connectivity index (χ4v) is 2.64. The molecule has 0 aromatic heterocycles. The standard InChI is InChI=1S/C15H20N2O3/c16-12-5-2-4-11(9-12)15(20)17-13-6-1-3-10(7-13)8-14(18)19/h1,3,6-7,11-12H,2,4-5,8-9,16H2,(H,17,20)(H,18,19). The van der Waals surface area contributed by atoms with Crippen molar-refractivity contribution in [2.75, 3.05) is 5.32 Å². The molecule has 1 saturated carbocycles. The first kappa shape index (κ1) is 14.5. The Morgan fingerprint density at radius 1 is 1.35 bits per heavy atom. The van der Waals surface area contributed by atoms with E-state index in [4.69, 9.17) is 10.8 Å². The van der Waals surface area contributed by atoms with Gasteiger partial charge in [0.1, 0.15) is 0 Å². The molecule has 4 N–H and O–H groups in total. The minimum Gasteiger partial charge on any atom is -0.481 e. The quantitative estimate of drug-likeness (QED) is 0.781. The second kappa shape index (κ2) is 6.52. The smallest absolute Gasteiger partial charge is 0.307 e. The van der Waals surface area contributed by atoms with Crippen LogP contribution in [0.15, 0.2) is 24.3 Å². The number of rotatable bonds is 4. The van der Waals surface area contributed by atoms with Crippen LogP contribution in [-0.4, -0.2) is 23.0 Å². The molecule has 0 aliphatic heterocycles. The summed E-state index contributed by atoms with van der Waals surface area (Å²) in [5.74, 6) is -0.943. The second-order valence-electron chi connectivity index (χ2n) is 5.38. The first-order valence-corrected chi connectivity index (χ1v) is 6.92. The molecule has 20 heavy (non-hydrogen) atoms. The lowest BCUT2D eigenvalue weighted by Crippen LogP contribution is -2.34. The van der Waals surface area contributed by atoms with Crippen molar-refractivity contribution in [3.8, 4) is 0 Å². The molecule has 1 aromatic carbocycles. The number of benzene rings is 1. The van der Waals surface area contributed by atoms with E-state index in [9.17, 15) is 9.59 Å². The summed E-state index contributed by atoms with van der Waals surface area (Å²) in [5.41, 5.74) is 7.21. The summed E-state index contributed by atoms with van der Waals surface area (Å²) in [5, 5.41) is 11.6. The van der Waals surface area contributed by atoms with Crippen molar-refractivity contribution < 1.29 is 14.7 Å². The zero-order chi connectivity index (χ0) is 14.5. The van der Waals surface area contributed by atoms with Crippen molar-refractivity contribution in [2.24, 2.45) is 11.7 Å². The molecule has 5 heteroatoms. The Kier molecular flexibility index (Phi) is 4.74. The van der Waals surface area contributed by atoms with Crippen molar-refractivity contribution in [3.05, 3.63) is 29.8 Å². The van der Waals surface area contributed by atoms with Crippen LogP contribution in [0, 0.1) is 5.92 Å². The van der Waals surface area contributed by atoms with Gasteiger partial charge in [-0.15, -0.1) is 0 Å². The number of amides is 1. The highest BCUT2D eigenvalue weighted by molar-refractivity contribution is 5.92. The van der Waals surface area contributed by atoms with Crippen LogP contribution >= 0.6 is 0 Å². The van der Waals surface area contributed by atoms with Crippen LogP contribution in [0.3, 0.4) is 0 Å². The van der Waals surface area contributed by atoms with Crippen LogP contribution in [0.5, 0.6) is 0 Å². The third-order valence-electron chi connectivity index (χ3n) is 3.64. The molecule has 5 nitrogen and oxygen atoms in total. The minimum atomic E-state index is -0.883. The third kappa shape index (κ3) is 4.06. The Balaban J connectivity index is 1.98. The molecule has 0 saturated heterocycles. The number of hydrogen-bond acceptors (Lipinski definition) is 3. The van der Waals surface area contributed by atoms with E-state index in [-0.39, 0.29) is 24.3 Å². The SMILES string of the molecule is NC1CCCC(C(=O)Nc2cccc(CC(=O)O)c2)C1. The molecular weight excluding hydrogens is 256 g/mol. The van der Waals surface area contributed by atoms with E-state index in [2.05, 4.69) is 5.32 Å². The van der Waals surface area contributed by atoms with Crippen molar-refractivity contribution in [1.82, 2.24) is 0 Å². The highest BCUT2D eigenvalue weighted by atomic mass is 16.4. The maximum atomic E-state index is 12.2. The molecule has 0 heterocycles. The molecular formula is C15H20N2O3. The monoisotopic (exact) mass is 276 g/mol. The predicted octanol–water partition coefficient (Wildman–Crippen LogP) is 1.77. The van der Waals surface area contributed by atoms with E-state index in [0.717, 1.165) is 25.7 Å². The van der Waals surface area contributed by atoms with E-state index in [0.29, 0.717) is 11.3 Å². The van der Waals surface area contributed by atoms with E-state index >= 15 is 0 Å². The van der Waals surface area contributed by atoms with Crippen LogP contribution in [-0.2, 0) is 16.0 Å². The number of carboxylic acid groups (broad SMARTS) is 1. The van der Waals surface area contributed by atoms with Gasteiger partial charge in [0.05, 0.1) is 6.42 Å². The zero-order valence-electron chi connectivity index (χ0n) is 11.3. The molecule has 1 amide bonds. The number of nitrogens with one attached hydrogen (secondary N) is 1. The Labute approximate surface area is 118 Å². The van der Waals surface area contributed by atoms with Crippen LogP contribution in [0.4, 0.5) is 5.69 Å². The molecule has 0 spiro atoms. The topological polar surface area (TPSA) is 92.4 Å². The van der Waals surface area contributed by atoms with Crippen LogP contribution in [0.1, 0.15) is 31.2 Å². The van der Waals surface area contributed by atoms with Crippen LogP contribution in [0.2, 0.25) is 0 Å². The normalized spacial score (nSPS) is 22.2. The highest BCUT2D eigenvalue weighted by Gasteiger charge is 2.25. The lowest BCUT2D eigenvalue weighted by molar-refractivity contribution is -0.136. The average Bonchev–Trinajstić information content (AvgIpc) is 2.38. The number of hydrogen-bond donors (Lipinski definition) is 3. The van der Waals surface area contributed by atoms with Gasteiger partial charge in [-0.3, -0.25) is 9.59 Å². The van der Waals surface area contributed by atoms with E-state index in [1.807, 2.05) is 0 Å². The van der Waals surface area contributed by atoms with E-state index in [1.165, 1.54) is 0 Å². The molecule has 108 valence electrons. The lowest BCUT2D eigenvalue weighted by Gasteiger charge is -2.25. The predicted molar refractivity (Wildman–Crippen MR) is 76.3 cm³/mol. The Hall–Kier alpha value is -1.88. The summed E-state index contributed by atoms with van der Waals surface area (Å²) in [6.45, 7) is 0. The average molecular weight is 276 g/mol. The van der Waals surface area contributed by atoms with Gasteiger partial charge >= 0.3 is 5.97 Å². The Morgan fingerprint density at radius 3 is 2.85 bits per heavy atom. The third-order valence-corrected chi connectivity index (χ3v) is 3.64. The number of aliphatic carboxylic acids is 1. The summed E-state index contributed by atoms with van der Waals surface area (Å²) < 4.78 is 0. The minimum absolute atomic E-state index is 0.0207. The first-order valence-electron chi connectivity index (χ1n) is 6.92. The molecule has 2 unspecified atom stereocenters. The molecule has 0 bridgehead atoms. The van der Waals surface area contributed by atoms with Gasteiger partial charge in [-0.1, -0.05) is 18.6 Å². The van der Waals surface area contributed by atoms with Gasteiger partial charge in [-0.2, -0.15) is 0 Å². The van der Waals surface area contributed by atoms with Gasteiger partial charge in [0.25, 0.3) is 0 Å². The summed E-state index contributed by atoms with van der Waals surface area (Å²) in [6.07, 6.45) is 3.52. The largest absolute Gasteiger partial charge is 0.481 e. The van der Waals surface area contributed by atoms with Crippen molar-refractivity contribution in [2.45, 2.75) is 38.1 Å². The Morgan fingerprint density at radius 2 is 2.15 bits per heavy atom. The fourth-order valence-electron chi connectivity index (χ4n) is 2.64. The second-order valence-corrected chi connectivity index (χ2v) is 5.38. The van der Waals surface area contributed by atoms with Gasteiger partial charge < -0.3 is 16.2 Å². The summed E-state index contributed by atoms with van der Waals surface area (Å²) in [4.78, 5) is 22.8. The van der Waals surface area contributed by atoms with Crippen molar-refractivity contribution in [1.29, 1.82) is 0 Å². The summed E-state index contributed by atoms with van der Waals surface area (Å²) in [7, 11) is 0. The number of anilines is 1. The van der Waals surface area contributed by atoms with Crippen molar-refractivity contribution >= 4 is 17.6 Å². The number of carbonyl (C=O) groups is 2. The van der Waals surface area contributed by atoms with Gasteiger partial charge in [0.15, 0.2) is 0 Å². The van der Waals surface area contributed by atoms with E-state index in [1.54, 1.807) is 24.3 Å². The van der Waals surface area contributed by atoms with Gasteiger partial charge in [0, 0.05) is 17.6 Å². The maximum Gasteiger partial charge on any atom is 0.307 e. The molecule has 2 atom stereocenters. The summed E-state index contributed by atoms with van der Waals surface area (Å²) >= 11 is 0.